The fraction of sp³-hybridized carbons (Fsp3) is 0.452. The van der Waals surface area contributed by atoms with E-state index in [2.05, 4.69) is 10.3 Å². The van der Waals surface area contributed by atoms with Gasteiger partial charge < -0.3 is 24.3 Å². The molecule has 3 aromatic rings. The van der Waals surface area contributed by atoms with E-state index in [4.69, 9.17) is 9.47 Å². The number of carbonyl (C=O) groups excluding carboxylic acids is 4. The number of alkyl halides is 3. The Morgan fingerprint density at radius 3 is 2.05 bits per heavy atom. The lowest BCUT2D eigenvalue weighted by atomic mass is 9.85. The van der Waals surface area contributed by atoms with Crippen molar-refractivity contribution in [2.45, 2.75) is 78.6 Å². The highest BCUT2D eigenvalue weighted by atomic mass is 19.4. The van der Waals surface area contributed by atoms with Gasteiger partial charge in [-0.25, -0.2) is 4.98 Å². The molecule has 1 aliphatic rings. The Kier molecular flexibility index (Phi) is 9.65. The number of nitrogens with zero attached hydrogens (tertiary/aromatic N) is 3. The lowest BCUT2D eigenvalue weighted by molar-refractivity contribution is -0.178. The Balaban J connectivity index is 1.42. The Morgan fingerprint density at radius 1 is 0.886 bits per heavy atom. The second-order valence-electron chi connectivity index (χ2n) is 11.6. The van der Waals surface area contributed by atoms with E-state index < -0.39 is 53.4 Å². The van der Waals surface area contributed by atoms with E-state index in [-0.39, 0.29) is 31.7 Å². The van der Waals surface area contributed by atoms with Crippen molar-refractivity contribution in [3.8, 4) is 0 Å². The summed E-state index contributed by atoms with van der Waals surface area (Å²) in [7, 11) is 0. The van der Waals surface area contributed by atoms with Gasteiger partial charge in [0.15, 0.2) is 0 Å². The van der Waals surface area contributed by atoms with Gasteiger partial charge in [-0.05, 0) is 41.5 Å². The Bertz CT molecular complexity index is 1530. The number of carbonyl (C=O) groups is 4. The summed E-state index contributed by atoms with van der Waals surface area (Å²) in [4.78, 5) is 55.8. The smallest absolute Gasteiger partial charge is 0.448 e. The Labute approximate surface area is 252 Å². The molecule has 0 spiro atoms. The second-order valence-corrected chi connectivity index (χ2v) is 11.6. The average Bonchev–Trinajstić information content (AvgIpc) is 3.55. The van der Waals surface area contributed by atoms with Gasteiger partial charge in [0.1, 0.15) is 0 Å². The van der Waals surface area contributed by atoms with Crippen molar-refractivity contribution in [1.82, 2.24) is 19.8 Å². The molecule has 1 aromatic heterocycles. The molecule has 13 heteroatoms. The average molecular weight is 617 g/mol. The number of imidazole rings is 1. The number of halogens is 3. The summed E-state index contributed by atoms with van der Waals surface area (Å²) < 4.78 is 52.7. The van der Waals surface area contributed by atoms with Gasteiger partial charge in [0, 0.05) is 40.0 Å². The number of ether oxygens (including phenoxy) is 2. The van der Waals surface area contributed by atoms with Crippen molar-refractivity contribution in [1.29, 1.82) is 0 Å². The van der Waals surface area contributed by atoms with Crippen molar-refractivity contribution in [2.75, 3.05) is 6.54 Å². The lowest BCUT2D eigenvalue weighted by Gasteiger charge is -2.29. The first-order valence-corrected chi connectivity index (χ1v) is 14.2. The maximum Gasteiger partial charge on any atom is 0.449 e. The van der Waals surface area contributed by atoms with Crippen LogP contribution in [0.2, 0.25) is 0 Å². The summed E-state index contributed by atoms with van der Waals surface area (Å²) in [6.07, 6.45) is -7.43. The number of para-hydroxylation sites is 2. The molecule has 0 bridgehead atoms. The number of esters is 2. The highest BCUT2D eigenvalue weighted by Crippen LogP contribution is 2.34. The van der Waals surface area contributed by atoms with E-state index in [9.17, 15) is 32.3 Å². The normalized spacial score (nSPS) is 14.6. The monoisotopic (exact) mass is 616 g/mol. The van der Waals surface area contributed by atoms with Gasteiger partial charge in [0.25, 0.3) is 11.8 Å². The molecule has 0 saturated carbocycles. The number of hydrogen-bond donors (Lipinski definition) is 1. The minimum Gasteiger partial charge on any atom is -0.448 e. The van der Waals surface area contributed by atoms with Crippen molar-refractivity contribution < 1.29 is 41.8 Å². The highest BCUT2D eigenvalue weighted by Gasteiger charge is 2.43. The molecule has 4 rings (SSSR count). The number of nitrogens with one attached hydrogen (secondary N) is 1. The van der Waals surface area contributed by atoms with Crippen LogP contribution in [0.5, 0.6) is 0 Å². The highest BCUT2D eigenvalue weighted by molar-refractivity contribution is 5.93. The van der Waals surface area contributed by atoms with Gasteiger partial charge in [0.2, 0.25) is 18.0 Å². The molecule has 44 heavy (non-hydrogen) atoms. The van der Waals surface area contributed by atoms with E-state index in [0.29, 0.717) is 18.4 Å². The van der Waals surface area contributed by atoms with Crippen LogP contribution >= 0.6 is 0 Å². The van der Waals surface area contributed by atoms with Crippen LogP contribution in [-0.2, 0) is 54.5 Å². The number of aromatic nitrogens is 2. The summed E-state index contributed by atoms with van der Waals surface area (Å²) in [5.41, 5.74) is 1.89. The van der Waals surface area contributed by atoms with Crippen molar-refractivity contribution in [2.24, 2.45) is 5.41 Å². The van der Waals surface area contributed by atoms with Crippen molar-refractivity contribution in [3.05, 3.63) is 65.5 Å². The predicted octanol–water partition coefficient (Wildman–Crippen LogP) is 4.38. The molecule has 0 unspecified atom stereocenters. The minimum atomic E-state index is -4.63. The Hall–Kier alpha value is -4.42. The van der Waals surface area contributed by atoms with Gasteiger partial charge in [-0.3, -0.25) is 19.2 Å². The fourth-order valence-electron chi connectivity index (χ4n) is 5.20. The molecule has 0 radical (unpaired) electrons. The maximum absolute atomic E-state index is 13.7. The molecule has 236 valence electrons. The largest absolute Gasteiger partial charge is 0.449 e. The van der Waals surface area contributed by atoms with Gasteiger partial charge in [-0.2, -0.15) is 13.2 Å². The first kappa shape index (κ1) is 32.5. The van der Waals surface area contributed by atoms with Gasteiger partial charge in [0.05, 0.1) is 11.0 Å². The summed E-state index contributed by atoms with van der Waals surface area (Å²) in [5, 5.41) is 2.64. The molecular weight excluding hydrogens is 581 g/mol. The standard InChI is InChI=1S/C31H35F3N4O6/c1-19(39)43-25(26(44-20(2)40)28(42)37-17-21-9-5-6-10-22(21)18-37)27(41)35-15-13-30(3,4)14-16-38-24-12-8-7-11-23(24)36-29(38)31(32,33)34/h5-12,25-26H,13-18H2,1-4H3,(H,35,41)/t25-,26+/m1/s1. The number of rotatable bonds is 11. The summed E-state index contributed by atoms with van der Waals surface area (Å²) in [6, 6.07) is 13.8. The van der Waals surface area contributed by atoms with Crippen LogP contribution in [0.4, 0.5) is 13.2 Å². The third kappa shape index (κ3) is 7.74. The summed E-state index contributed by atoms with van der Waals surface area (Å²) >= 11 is 0. The molecule has 2 heterocycles. The van der Waals surface area contributed by atoms with Crippen LogP contribution in [0.15, 0.2) is 48.5 Å². The van der Waals surface area contributed by atoms with E-state index >= 15 is 0 Å². The third-order valence-corrected chi connectivity index (χ3v) is 7.54. The molecular formula is C31H35F3N4O6. The molecule has 0 saturated heterocycles. The van der Waals surface area contributed by atoms with Crippen LogP contribution in [0, 0.1) is 5.41 Å². The SMILES string of the molecule is CC(=O)O[C@H](C(=O)N1Cc2ccccc2C1)[C@@H](OC(C)=O)C(=O)NCCC(C)(C)CCn1c(C(F)(F)F)nc2ccccc21. The zero-order valence-electron chi connectivity index (χ0n) is 24.9. The van der Waals surface area contributed by atoms with Crippen molar-refractivity contribution in [3.63, 3.8) is 0 Å². The number of hydrogen-bond acceptors (Lipinski definition) is 7. The molecule has 2 amide bonds. The number of aryl methyl sites for hydroxylation is 1. The van der Waals surface area contributed by atoms with E-state index in [1.807, 2.05) is 38.1 Å². The second kappa shape index (κ2) is 13.1. The van der Waals surface area contributed by atoms with Gasteiger partial charge >= 0.3 is 18.1 Å². The lowest BCUT2D eigenvalue weighted by Crippen LogP contribution is -2.53. The van der Waals surface area contributed by atoms with E-state index in [0.717, 1.165) is 29.5 Å². The zero-order valence-corrected chi connectivity index (χ0v) is 24.9. The predicted molar refractivity (Wildman–Crippen MR) is 153 cm³/mol. The topological polar surface area (TPSA) is 120 Å². The van der Waals surface area contributed by atoms with E-state index in [1.165, 1.54) is 11.0 Å². The molecule has 2 aromatic carbocycles. The van der Waals surface area contributed by atoms with E-state index in [1.54, 1.807) is 18.2 Å². The van der Waals surface area contributed by atoms with Crippen LogP contribution in [0.3, 0.4) is 0 Å². The Morgan fingerprint density at radius 2 is 1.45 bits per heavy atom. The number of amides is 2. The number of fused-ring (bicyclic) bond motifs is 2. The van der Waals surface area contributed by atoms with Crippen molar-refractivity contribution >= 4 is 34.8 Å². The first-order chi connectivity index (χ1) is 20.7. The third-order valence-electron chi connectivity index (χ3n) is 7.54. The quantitative estimate of drug-likeness (QED) is 0.318. The van der Waals surface area contributed by atoms with Gasteiger partial charge in [-0.15, -0.1) is 0 Å². The molecule has 10 nitrogen and oxygen atoms in total. The molecule has 0 aliphatic carbocycles. The molecule has 1 aliphatic heterocycles. The van der Waals surface area contributed by atoms with Crippen LogP contribution in [-0.4, -0.2) is 57.0 Å². The molecule has 1 N–H and O–H groups in total. The van der Waals surface area contributed by atoms with Crippen LogP contribution < -0.4 is 5.32 Å². The molecule has 2 atom stereocenters. The van der Waals surface area contributed by atoms with Crippen LogP contribution in [0.25, 0.3) is 11.0 Å². The maximum atomic E-state index is 13.7. The zero-order chi connectivity index (χ0) is 32.2. The number of benzene rings is 2. The molecule has 0 fully saturated rings. The van der Waals surface area contributed by atoms with Crippen LogP contribution in [0.1, 0.15) is 57.5 Å². The summed E-state index contributed by atoms with van der Waals surface area (Å²) in [6.45, 7) is 6.41. The van der Waals surface area contributed by atoms with Gasteiger partial charge in [-0.1, -0.05) is 50.2 Å². The minimum absolute atomic E-state index is 0.0353. The summed E-state index contributed by atoms with van der Waals surface area (Å²) in [5.74, 6) is -4.20. The fourth-order valence-corrected chi connectivity index (χ4v) is 5.20. The first-order valence-electron chi connectivity index (χ1n) is 14.2.